The lowest BCUT2D eigenvalue weighted by molar-refractivity contribution is 0.0964. The van der Waals surface area contributed by atoms with E-state index in [1.54, 1.807) is 24.9 Å². The first kappa shape index (κ1) is 22.7. The number of carbonyl (C=O) groups excluding carboxylic acids is 1. The van der Waals surface area contributed by atoms with E-state index in [-0.39, 0.29) is 5.91 Å². The standard InChI is InChI=1S/C32H26N2O3/c1-36-28-12-6-22(7-13-28)21-33-16-14-23-8-10-25(19-30(23)33)26-11-9-24-15-17-34(31(24)20-26)32(35)27-4-3-5-29(18-27)37-2/h3-20H,21H2,1-2H3. The van der Waals surface area contributed by atoms with Gasteiger partial charge >= 0.3 is 0 Å². The van der Waals surface area contributed by atoms with Crippen LogP contribution in [-0.2, 0) is 6.54 Å². The predicted molar refractivity (Wildman–Crippen MR) is 148 cm³/mol. The van der Waals surface area contributed by atoms with E-state index < -0.39 is 0 Å². The van der Waals surface area contributed by atoms with Crippen LogP contribution in [0.2, 0.25) is 0 Å². The van der Waals surface area contributed by atoms with Gasteiger partial charge in [-0.2, -0.15) is 0 Å². The fourth-order valence-corrected chi connectivity index (χ4v) is 4.81. The maximum absolute atomic E-state index is 13.3. The number of benzene rings is 4. The molecule has 4 aromatic carbocycles. The Balaban J connectivity index is 1.36. The summed E-state index contributed by atoms with van der Waals surface area (Å²) in [5, 5.41) is 2.21. The van der Waals surface area contributed by atoms with Crippen molar-refractivity contribution in [1.82, 2.24) is 9.13 Å². The zero-order valence-corrected chi connectivity index (χ0v) is 20.7. The molecular formula is C32H26N2O3. The molecule has 0 N–H and O–H groups in total. The van der Waals surface area contributed by atoms with E-state index >= 15 is 0 Å². The number of fused-ring (bicyclic) bond motifs is 2. The summed E-state index contributed by atoms with van der Waals surface area (Å²) >= 11 is 0. The number of methoxy groups -OCH3 is 2. The fourth-order valence-electron chi connectivity index (χ4n) is 4.81. The summed E-state index contributed by atoms with van der Waals surface area (Å²) in [6.45, 7) is 0.772. The monoisotopic (exact) mass is 486 g/mol. The second-order valence-electron chi connectivity index (χ2n) is 9.06. The van der Waals surface area contributed by atoms with Crippen LogP contribution in [0.15, 0.2) is 109 Å². The van der Waals surface area contributed by atoms with Crippen molar-refractivity contribution in [3.8, 4) is 22.6 Å². The molecule has 5 heteroatoms. The van der Waals surface area contributed by atoms with Crippen LogP contribution in [0.3, 0.4) is 0 Å². The van der Waals surface area contributed by atoms with E-state index in [1.165, 1.54) is 10.9 Å². The van der Waals surface area contributed by atoms with Gasteiger partial charge in [0.1, 0.15) is 11.5 Å². The van der Waals surface area contributed by atoms with Gasteiger partial charge in [0.2, 0.25) is 0 Å². The molecule has 0 radical (unpaired) electrons. The van der Waals surface area contributed by atoms with Crippen molar-refractivity contribution in [2.75, 3.05) is 14.2 Å². The molecule has 182 valence electrons. The summed E-state index contributed by atoms with van der Waals surface area (Å²) in [5.41, 5.74) is 5.99. The molecule has 2 aromatic heterocycles. The lowest BCUT2D eigenvalue weighted by Crippen LogP contribution is -2.10. The fraction of sp³-hybridized carbons (Fsp3) is 0.0938. The Bertz CT molecular complexity index is 1740. The number of ether oxygens (including phenoxy) is 2. The molecule has 0 unspecified atom stereocenters. The van der Waals surface area contributed by atoms with Crippen LogP contribution in [0.25, 0.3) is 32.9 Å². The summed E-state index contributed by atoms with van der Waals surface area (Å²) in [7, 11) is 3.28. The molecule has 0 fully saturated rings. The van der Waals surface area contributed by atoms with Crippen LogP contribution < -0.4 is 9.47 Å². The molecule has 6 rings (SSSR count). The molecule has 5 nitrogen and oxygen atoms in total. The molecule has 0 saturated heterocycles. The molecular weight excluding hydrogens is 460 g/mol. The molecule has 0 aliphatic rings. The van der Waals surface area contributed by atoms with Crippen LogP contribution >= 0.6 is 0 Å². The van der Waals surface area contributed by atoms with Gasteiger partial charge in [0.05, 0.1) is 19.7 Å². The minimum absolute atomic E-state index is 0.0881. The summed E-state index contributed by atoms with van der Waals surface area (Å²) in [5.74, 6) is 1.43. The molecule has 0 spiro atoms. The highest BCUT2D eigenvalue weighted by Crippen LogP contribution is 2.29. The molecule has 0 amide bonds. The lowest BCUT2D eigenvalue weighted by Gasteiger charge is -2.10. The Morgan fingerprint density at radius 2 is 1.35 bits per heavy atom. The summed E-state index contributed by atoms with van der Waals surface area (Å²) in [6, 6.07) is 32.3. The highest BCUT2D eigenvalue weighted by atomic mass is 16.5. The SMILES string of the molecule is COc1ccc(Cn2ccc3ccc(-c4ccc5ccn(C(=O)c6cccc(OC)c6)c5c4)cc32)cc1. The van der Waals surface area contributed by atoms with E-state index in [2.05, 4.69) is 65.4 Å². The predicted octanol–water partition coefficient (Wildman–Crippen LogP) is 7.02. The summed E-state index contributed by atoms with van der Waals surface area (Å²) in [4.78, 5) is 13.3. The van der Waals surface area contributed by atoms with Crippen LogP contribution in [0.4, 0.5) is 0 Å². The minimum Gasteiger partial charge on any atom is -0.497 e. The van der Waals surface area contributed by atoms with Crippen molar-refractivity contribution in [2.45, 2.75) is 6.54 Å². The third-order valence-corrected chi connectivity index (χ3v) is 6.85. The van der Waals surface area contributed by atoms with Crippen LogP contribution in [0.5, 0.6) is 11.5 Å². The van der Waals surface area contributed by atoms with Gasteiger partial charge in [0.25, 0.3) is 5.91 Å². The van der Waals surface area contributed by atoms with E-state index in [1.807, 2.05) is 42.6 Å². The van der Waals surface area contributed by atoms with Gasteiger partial charge in [-0.1, -0.05) is 42.5 Å². The van der Waals surface area contributed by atoms with E-state index in [0.717, 1.165) is 39.8 Å². The third-order valence-electron chi connectivity index (χ3n) is 6.85. The number of hydrogen-bond acceptors (Lipinski definition) is 3. The average Bonchev–Trinajstić information content (AvgIpc) is 3.56. The first-order valence-electron chi connectivity index (χ1n) is 12.1. The Hall–Kier alpha value is -4.77. The first-order valence-corrected chi connectivity index (χ1v) is 12.1. The molecule has 0 atom stereocenters. The number of aromatic nitrogens is 2. The van der Waals surface area contributed by atoms with Gasteiger partial charge in [-0.05, 0) is 76.7 Å². The Morgan fingerprint density at radius 3 is 2.08 bits per heavy atom. The van der Waals surface area contributed by atoms with Gasteiger partial charge in [-0.15, -0.1) is 0 Å². The van der Waals surface area contributed by atoms with Gasteiger partial charge in [0.15, 0.2) is 0 Å². The lowest BCUT2D eigenvalue weighted by atomic mass is 10.0. The molecule has 37 heavy (non-hydrogen) atoms. The third kappa shape index (κ3) is 4.25. The molecule has 0 aliphatic heterocycles. The van der Waals surface area contributed by atoms with Gasteiger partial charge < -0.3 is 14.0 Å². The van der Waals surface area contributed by atoms with Gasteiger partial charge in [-0.25, -0.2) is 0 Å². The van der Waals surface area contributed by atoms with Crippen molar-refractivity contribution < 1.29 is 14.3 Å². The van der Waals surface area contributed by atoms with Crippen LogP contribution in [0.1, 0.15) is 15.9 Å². The number of nitrogens with zero attached hydrogens (tertiary/aromatic N) is 2. The maximum Gasteiger partial charge on any atom is 0.262 e. The zero-order chi connectivity index (χ0) is 25.4. The Labute approximate surface area is 215 Å². The summed E-state index contributed by atoms with van der Waals surface area (Å²) < 4.78 is 14.6. The van der Waals surface area contributed by atoms with Crippen molar-refractivity contribution in [3.05, 3.63) is 121 Å². The maximum atomic E-state index is 13.3. The average molecular weight is 487 g/mol. The number of hydrogen-bond donors (Lipinski definition) is 0. The summed E-state index contributed by atoms with van der Waals surface area (Å²) in [6.07, 6.45) is 3.96. The smallest absolute Gasteiger partial charge is 0.262 e. The highest BCUT2D eigenvalue weighted by Gasteiger charge is 2.14. The number of rotatable bonds is 6. The normalized spacial score (nSPS) is 11.2. The quantitative estimate of drug-likeness (QED) is 0.254. The van der Waals surface area contributed by atoms with Gasteiger partial charge in [0, 0.05) is 35.4 Å². The zero-order valence-electron chi connectivity index (χ0n) is 20.7. The van der Waals surface area contributed by atoms with Crippen molar-refractivity contribution in [3.63, 3.8) is 0 Å². The second-order valence-corrected chi connectivity index (χ2v) is 9.06. The minimum atomic E-state index is -0.0881. The van der Waals surface area contributed by atoms with Crippen LogP contribution in [0, 0.1) is 0 Å². The molecule has 0 saturated carbocycles. The van der Waals surface area contributed by atoms with Crippen LogP contribution in [-0.4, -0.2) is 29.3 Å². The van der Waals surface area contributed by atoms with Crippen molar-refractivity contribution >= 4 is 27.7 Å². The van der Waals surface area contributed by atoms with Gasteiger partial charge in [-0.3, -0.25) is 9.36 Å². The van der Waals surface area contributed by atoms with Crippen molar-refractivity contribution in [1.29, 1.82) is 0 Å². The topological polar surface area (TPSA) is 45.4 Å². The molecule has 2 heterocycles. The van der Waals surface area contributed by atoms with Crippen molar-refractivity contribution in [2.24, 2.45) is 0 Å². The number of carbonyl (C=O) groups is 1. The first-order chi connectivity index (χ1) is 18.1. The Kier molecular flexibility index (Phi) is 5.73. The molecule has 0 bridgehead atoms. The Morgan fingerprint density at radius 1 is 0.676 bits per heavy atom. The second kappa shape index (κ2) is 9.36. The van der Waals surface area contributed by atoms with E-state index in [4.69, 9.17) is 9.47 Å². The van der Waals surface area contributed by atoms with E-state index in [0.29, 0.717) is 11.3 Å². The van der Waals surface area contributed by atoms with E-state index in [9.17, 15) is 4.79 Å². The largest absolute Gasteiger partial charge is 0.497 e. The molecule has 0 aliphatic carbocycles. The molecule has 6 aromatic rings. The highest BCUT2D eigenvalue weighted by molar-refractivity contribution is 6.03.